The first-order valence-electron chi connectivity index (χ1n) is 15.4. The topological polar surface area (TPSA) is 87.9 Å². The van der Waals surface area contributed by atoms with E-state index in [1.807, 2.05) is 78.4 Å². The smallest absolute Gasteiger partial charge is 0.337 e. The van der Waals surface area contributed by atoms with Crippen molar-refractivity contribution in [3.63, 3.8) is 0 Å². The lowest BCUT2D eigenvalue weighted by Gasteiger charge is -2.20. The van der Waals surface area contributed by atoms with Crippen molar-refractivity contribution in [2.45, 2.75) is 105 Å². The summed E-state index contributed by atoms with van der Waals surface area (Å²) in [6.07, 6.45) is 6.50. The number of carbonyl (C=O) groups is 1. The molecule has 2 N–H and O–H groups in total. The number of carboxylic acids is 1. The van der Waals surface area contributed by atoms with Crippen LogP contribution < -0.4 is 0 Å². The van der Waals surface area contributed by atoms with Crippen LogP contribution in [0.2, 0.25) is 0 Å². The number of thiol groups is 2. The number of aliphatic hydroxyl groups is 1. The second kappa shape index (κ2) is 18.3. The first-order chi connectivity index (χ1) is 20.9. The number of aryl methyl sites for hydroxylation is 1. The highest BCUT2D eigenvalue weighted by Crippen LogP contribution is 2.67. The highest BCUT2D eigenvalue weighted by molar-refractivity contribution is 8.59. The van der Waals surface area contributed by atoms with E-state index in [-0.39, 0.29) is 17.0 Å². The molecular weight excluding hydrogens is 584 g/mol. The van der Waals surface area contributed by atoms with Crippen molar-refractivity contribution >= 4 is 35.4 Å². The second-order valence-electron chi connectivity index (χ2n) is 9.15. The molecule has 3 aliphatic rings. The highest BCUT2D eigenvalue weighted by atomic mass is 33.1. The van der Waals surface area contributed by atoms with E-state index in [1.165, 1.54) is 17.7 Å². The molecule has 6 nitrogen and oxygen atoms in total. The number of aromatic nitrogens is 2. The third-order valence-corrected chi connectivity index (χ3v) is 7.47. The molecule has 2 heterocycles. The number of ether oxygens (including phenoxy) is 1. The van der Waals surface area contributed by atoms with Crippen LogP contribution >= 0.6 is 23.3 Å². The number of halogens is 1. The minimum absolute atomic E-state index is 0.268. The fraction of sp³-hybridized carbons (Fsp3) is 0.471. The van der Waals surface area contributed by atoms with Crippen LogP contribution in [0.15, 0.2) is 60.3 Å². The van der Waals surface area contributed by atoms with Crippen molar-refractivity contribution in [1.82, 2.24) is 9.78 Å². The van der Waals surface area contributed by atoms with Gasteiger partial charge in [0.2, 0.25) is 0 Å². The van der Waals surface area contributed by atoms with Crippen molar-refractivity contribution in [3.8, 4) is 5.69 Å². The van der Waals surface area contributed by atoms with E-state index >= 15 is 0 Å². The third kappa shape index (κ3) is 7.93. The van der Waals surface area contributed by atoms with Gasteiger partial charge < -0.3 is 14.9 Å². The Hall–Kier alpha value is -2.59. The molecule has 0 radical (unpaired) electrons. The lowest BCUT2D eigenvalue weighted by molar-refractivity contribution is -0.147. The predicted octanol–water partition coefficient (Wildman–Crippen LogP) is 8.87. The van der Waals surface area contributed by atoms with Gasteiger partial charge in [0.1, 0.15) is 17.0 Å². The number of carboxylic acid groups (broad SMARTS) is 1. The van der Waals surface area contributed by atoms with Gasteiger partial charge in [-0.2, -0.15) is 5.10 Å². The van der Waals surface area contributed by atoms with Gasteiger partial charge in [0.25, 0.3) is 0 Å². The fourth-order valence-corrected chi connectivity index (χ4v) is 5.74. The monoisotopic (exact) mass is 632 g/mol. The summed E-state index contributed by atoms with van der Waals surface area (Å²) in [6.45, 7) is 16.0. The summed E-state index contributed by atoms with van der Waals surface area (Å²) in [6, 6.07) is 13.5. The molecule has 0 amide bonds. The van der Waals surface area contributed by atoms with E-state index in [9.17, 15) is 19.4 Å². The molecule has 238 valence electrons. The number of hydrogen-bond acceptors (Lipinski definition) is 6. The number of aliphatic hydroxyl groups excluding tert-OH is 1. The lowest BCUT2D eigenvalue weighted by atomic mass is 9.80. The van der Waals surface area contributed by atoms with E-state index in [4.69, 9.17) is 4.74 Å². The van der Waals surface area contributed by atoms with Crippen molar-refractivity contribution in [2.75, 3.05) is 0 Å². The van der Waals surface area contributed by atoms with Gasteiger partial charge in [-0.05, 0) is 72.7 Å². The molecule has 1 aliphatic heterocycles. The van der Waals surface area contributed by atoms with Crippen LogP contribution in [-0.2, 0) is 22.4 Å². The summed E-state index contributed by atoms with van der Waals surface area (Å²) in [4.78, 5) is 11.3. The van der Waals surface area contributed by atoms with Crippen molar-refractivity contribution in [2.24, 2.45) is 0 Å². The number of nitrogens with zero attached hydrogens (tertiary/aromatic N) is 2. The number of epoxide rings is 1. The van der Waals surface area contributed by atoms with Gasteiger partial charge in [0, 0.05) is 12.0 Å². The molecule has 2 aliphatic carbocycles. The molecule has 1 spiro atoms. The summed E-state index contributed by atoms with van der Waals surface area (Å²) in [5, 5.41) is 23.9. The van der Waals surface area contributed by atoms with Crippen LogP contribution in [0.25, 0.3) is 11.8 Å². The molecule has 1 aromatic heterocycles. The molecular formula is C34H49FN2O4S2. The first-order valence-corrected chi connectivity index (χ1v) is 17.0. The summed E-state index contributed by atoms with van der Waals surface area (Å²) >= 11 is 6.44. The Balaban J connectivity index is 0.000000843. The largest absolute Gasteiger partial charge is 0.479 e. The first kappa shape index (κ1) is 38.4. The van der Waals surface area contributed by atoms with Crippen LogP contribution in [0.5, 0.6) is 0 Å². The Morgan fingerprint density at radius 2 is 1.63 bits per heavy atom. The minimum Gasteiger partial charge on any atom is -0.479 e. The van der Waals surface area contributed by atoms with E-state index in [1.54, 1.807) is 24.3 Å². The van der Waals surface area contributed by atoms with Crippen LogP contribution in [-0.4, -0.2) is 37.2 Å². The van der Waals surface area contributed by atoms with Crippen molar-refractivity contribution in [1.29, 1.82) is 0 Å². The molecule has 2 aromatic carbocycles. The molecule has 3 unspecified atom stereocenters. The molecule has 9 heteroatoms. The maximum Gasteiger partial charge on any atom is 0.337 e. The molecule has 3 aromatic rings. The summed E-state index contributed by atoms with van der Waals surface area (Å²) in [5.74, 6) is -1.52. The SMILES string of the molecule is CC.CC.CC.CC.O=C(O)C(O)c1ccccc1CCC12CCC3=Cc4c(cnn4-c4ccc(F)cc4)CC31O2.SS. The van der Waals surface area contributed by atoms with Crippen molar-refractivity contribution in [3.05, 3.63) is 88.5 Å². The number of rotatable bonds is 6. The predicted molar refractivity (Wildman–Crippen MR) is 182 cm³/mol. The van der Waals surface area contributed by atoms with E-state index in [0.717, 1.165) is 48.2 Å². The molecule has 6 rings (SSSR count). The van der Waals surface area contributed by atoms with Gasteiger partial charge >= 0.3 is 5.97 Å². The molecule has 2 fully saturated rings. The molecule has 1 saturated heterocycles. The number of fused-ring (bicyclic) bond motifs is 1. The normalized spacial score (nSPS) is 20.3. The van der Waals surface area contributed by atoms with E-state index in [2.05, 4.69) is 34.5 Å². The Morgan fingerprint density at radius 3 is 2.23 bits per heavy atom. The maximum absolute atomic E-state index is 13.3. The molecule has 1 saturated carbocycles. The van der Waals surface area contributed by atoms with E-state index in [0.29, 0.717) is 12.0 Å². The highest BCUT2D eigenvalue weighted by Gasteiger charge is 2.74. The maximum atomic E-state index is 13.3. The summed E-state index contributed by atoms with van der Waals surface area (Å²) < 4.78 is 21.6. The van der Waals surface area contributed by atoms with E-state index < -0.39 is 12.1 Å². The Morgan fingerprint density at radius 1 is 1.02 bits per heavy atom. The average molecular weight is 633 g/mol. The third-order valence-electron chi connectivity index (χ3n) is 7.47. The van der Waals surface area contributed by atoms with Crippen LogP contribution in [0.4, 0.5) is 4.39 Å². The number of benzene rings is 2. The zero-order valence-electron chi connectivity index (χ0n) is 26.8. The second-order valence-corrected chi connectivity index (χ2v) is 9.15. The fourth-order valence-electron chi connectivity index (χ4n) is 5.74. The lowest BCUT2D eigenvalue weighted by Crippen LogP contribution is -2.27. The van der Waals surface area contributed by atoms with Crippen molar-refractivity contribution < 1.29 is 24.1 Å². The van der Waals surface area contributed by atoms with Gasteiger partial charge in [-0.1, -0.05) is 79.7 Å². The molecule has 0 bridgehead atoms. The molecule has 43 heavy (non-hydrogen) atoms. The Labute approximate surface area is 267 Å². The zero-order valence-corrected chi connectivity index (χ0v) is 28.6. The standard InChI is InChI=1S/C26H23FN2O4.4C2H6.H2S2/c27-19-5-7-20(8-6-19)29-22-13-18-10-12-25(26(18,33-25)14-17(22)15-28-29)11-9-16-3-1-2-4-21(16)23(30)24(31)32;5*1-2/h1-8,13,15,23,30H,9-12,14H2,(H,31,32);4*1-2H3;1-2H. The van der Waals surface area contributed by atoms with Gasteiger partial charge in [0.15, 0.2) is 6.10 Å². The Kier molecular flexibility index (Phi) is 16.3. The quantitative estimate of drug-likeness (QED) is 0.124. The van der Waals surface area contributed by atoms with Crippen LogP contribution in [0.1, 0.15) is 103 Å². The average Bonchev–Trinajstić information content (AvgIpc) is 3.33. The van der Waals surface area contributed by atoms with Gasteiger partial charge in [-0.3, -0.25) is 0 Å². The van der Waals surface area contributed by atoms with Gasteiger partial charge in [-0.15, -0.1) is 23.3 Å². The molecule has 3 atom stereocenters. The Bertz CT molecular complexity index is 1310. The number of hydrogen-bond donors (Lipinski definition) is 4. The van der Waals surface area contributed by atoms with Crippen LogP contribution in [0.3, 0.4) is 0 Å². The van der Waals surface area contributed by atoms with Gasteiger partial charge in [0.05, 0.1) is 17.6 Å². The van der Waals surface area contributed by atoms with Gasteiger partial charge in [-0.25, -0.2) is 13.9 Å². The van der Waals surface area contributed by atoms with Crippen LogP contribution in [0, 0.1) is 5.82 Å². The zero-order chi connectivity index (χ0) is 32.8. The summed E-state index contributed by atoms with van der Waals surface area (Å²) in [5.41, 5.74) is 4.89. The number of aliphatic carboxylic acids is 1. The summed E-state index contributed by atoms with van der Waals surface area (Å²) in [7, 11) is 0. The minimum atomic E-state index is -1.53.